The van der Waals surface area contributed by atoms with Crippen LogP contribution in [0.25, 0.3) is 0 Å². The second kappa shape index (κ2) is 4.81. The van der Waals surface area contributed by atoms with Gasteiger partial charge in [0.05, 0.1) is 5.56 Å². The van der Waals surface area contributed by atoms with Crippen LogP contribution in [0.3, 0.4) is 0 Å². The highest BCUT2D eigenvalue weighted by molar-refractivity contribution is 6.30. The van der Waals surface area contributed by atoms with Crippen molar-refractivity contribution in [3.8, 4) is 6.07 Å². The zero-order valence-electron chi connectivity index (χ0n) is 8.61. The van der Waals surface area contributed by atoms with E-state index in [2.05, 4.69) is 10.3 Å². The first kappa shape index (κ1) is 11.4. The summed E-state index contributed by atoms with van der Waals surface area (Å²) in [6, 6.07) is 9.31. The van der Waals surface area contributed by atoms with E-state index in [0.717, 1.165) is 0 Å². The molecule has 0 aliphatic rings. The summed E-state index contributed by atoms with van der Waals surface area (Å²) in [6.07, 6.45) is 1.55. The van der Waals surface area contributed by atoms with E-state index in [0.29, 0.717) is 17.1 Å². The Bertz CT molecular complexity index is 572. The predicted octanol–water partition coefficient (Wildman–Crippen LogP) is 3.49. The third kappa shape index (κ3) is 2.71. The number of rotatable bonds is 2. The van der Waals surface area contributed by atoms with Crippen LogP contribution in [0.4, 0.5) is 15.9 Å². The minimum Gasteiger partial charge on any atom is -0.339 e. The molecule has 0 aliphatic carbocycles. The van der Waals surface area contributed by atoms with Crippen LogP contribution < -0.4 is 5.32 Å². The van der Waals surface area contributed by atoms with Crippen molar-refractivity contribution < 1.29 is 4.39 Å². The highest BCUT2D eigenvalue weighted by Gasteiger charge is 2.04. The van der Waals surface area contributed by atoms with Crippen molar-refractivity contribution in [3.05, 3.63) is 52.9 Å². The van der Waals surface area contributed by atoms with Gasteiger partial charge in [0, 0.05) is 16.9 Å². The van der Waals surface area contributed by atoms with E-state index >= 15 is 0 Å². The van der Waals surface area contributed by atoms with Crippen LogP contribution in [0.15, 0.2) is 36.5 Å². The normalized spacial score (nSPS) is 9.71. The van der Waals surface area contributed by atoms with Gasteiger partial charge in [0.1, 0.15) is 17.7 Å². The van der Waals surface area contributed by atoms with Gasteiger partial charge >= 0.3 is 0 Å². The minimum atomic E-state index is -0.450. The number of anilines is 2. The topological polar surface area (TPSA) is 48.7 Å². The predicted molar refractivity (Wildman–Crippen MR) is 63.6 cm³/mol. The van der Waals surface area contributed by atoms with Crippen LogP contribution in [0.1, 0.15) is 5.56 Å². The Kier molecular flexibility index (Phi) is 3.22. The number of hydrogen-bond acceptors (Lipinski definition) is 3. The third-order valence-corrected chi connectivity index (χ3v) is 2.27. The Morgan fingerprint density at radius 2 is 2.18 bits per heavy atom. The molecule has 1 heterocycles. The molecule has 0 atom stereocenters. The van der Waals surface area contributed by atoms with Gasteiger partial charge in [-0.3, -0.25) is 0 Å². The van der Waals surface area contributed by atoms with E-state index in [9.17, 15) is 4.39 Å². The van der Waals surface area contributed by atoms with E-state index in [1.165, 1.54) is 12.1 Å². The monoisotopic (exact) mass is 247 g/mol. The molecule has 0 bridgehead atoms. The Morgan fingerprint density at radius 3 is 2.88 bits per heavy atom. The van der Waals surface area contributed by atoms with Crippen molar-refractivity contribution in [3.63, 3.8) is 0 Å². The minimum absolute atomic E-state index is 0.280. The van der Waals surface area contributed by atoms with Gasteiger partial charge in [-0.15, -0.1) is 0 Å². The lowest BCUT2D eigenvalue weighted by atomic mass is 10.2. The largest absolute Gasteiger partial charge is 0.339 e. The molecule has 0 saturated heterocycles. The fourth-order valence-corrected chi connectivity index (χ4v) is 1.58. The maximum Gasteiger partial charge on any atom is 0.148 e. The van der Waals surface area contributed by atoms with Crippen LogP contribution in [0.2, 0.25) is 5.02 Å². The van der Waals surface area contributed by atoms with Gasteiger partial charge in [-0.05, 0) is 30.3 Å². The molecule has 1 aromatic carbocycles. The third-order valence-electron chi connectivity index (χ3n) is 2.05. The summed E-state index contributed by atoms with van der Waals surface area (Å²) in [7, 11) is 0. The van der Waals surface area contributed by atoms with Crippen molar-refractivity contribution in [2.24, 2.45) is 0 Å². The van der Waals surface area contributed by atoms with Gasteiger partial charge in [-0.25, -0.2) is 9.37 Å². The Morgan fingerprint density at radius 1 is 1.35 bits per heavy atom. The maximum atomic E-state index is 13.1. The van der Waals surface area contributed by atoms with Crippen molar-refractivity contribution in [2.45, 2.75) is 0 Å². The Balaban J connectivity index is 2.35. The number of nitrogens with one attached hydrogen (secondary N) is 1. The molecule has 1 N–H and O–H groups in total. The lowest BCUT2D eigenvalue weighted by Crippen LogP contribution is -1.96. The average Bonchev–Trinajstić information content (AvgIpc) is 2.28. The van der Waals surface area contributed by atoms with Crippen molar-refractivity contribution >= 4 is 23.1 Å². The molecule has 17 heavy (non-hydrogen) atoms. The number of pyridine rings is 1. The molecule has 0 fully saturated rings. The molecule has 2 rings (SSSR count). The van der Waals surface area contributed by atoms with Crippen LogP contribution in [0, 0.1) is 17.1 Å². The highest BCUT2D eigenvalue weighted by atomic mass is 35.5. The summed E-state index contributed by atoms with van der Waals surface area (Å²) in [5, 5.41) is 12.0. The van der Waals surface area contributed by atoms with E-state index in [-0.39, 0.29) is 5.02 Å². The second-order valence-electron chi connectivity index (χ2n) is 3.29. The fraction of sp³-hybridized carbons (Fsp3) is 0. The summed E-state index contributed by atoms with van der Waals surface area (Å²) in [4.78, 5) is 4.00. The molecule has 2 aromatic rings. The molecule has 1 aromatic heterocycles. The van der Waals surface area contributed by atoms with Gasteiger partial charge < -0.3 is 5.32 Å². The SMILES string of the molecule is N#Cc1cccnc1Nc1cc(F)cc(Cl)c1. The van der Waals surface area contributed by atoms with E-state index < -0.39 is 5.82 Å². The molecule has 5 heteroatoms. The van der Waals surface area contributed by atoms with Crippen LogP contribution in [0.5, 0.6) is 0 Å². The number of benzene rings is 1. The molecule has 0 aliphatic heterocycles. The molecular weight excluding hydrogens is 241 g/mol. The first-order valence-corrected chi connectivity index (χ1v) is 5.15. The zero-order chi connectivity index (χ0) is 12.3. The number of nitriles is 1. The van der Waals surface area contributed by atoms with Gasteiger partial charge in [0.15, 0.2) is 0 Å². The van der Waals surface area contributed by atoms with Crippen LogP contribution >= 0.6 is 11.6 Å². The average molecular weight is 248 g/mol. The first-order valence-electron chi connectivity index (χ1n) is 4.77. The van der Waals surface area contributed by atoms with Crippen LogP contribution in [-0.4, -0.2) is 4.98 Å². The molecular formula is C12H7ClFN3. The quantitative estimate of drug-likeness (QED) is 0.884. The molecule has 3 nitrogen and oxygen atoms in total. The summed E-state index contributed by atoms with van der Waals surface area (Å²) in [5.41, 5.74) is 0.832. The number of aromatic nitrogens is 1. The summed E-state index contributed by atoms with van der Waals surface area (Å²) in [5.74, 6) is -0.0777. The van der Waals surface area contributed by atoms with Gasteiger partial charge in [-0.1, -0.05) is 11.6 Å². The Labute approximate surface area is 102 Å². The first-order chi connectivity index (χ1) is 8.19. The molecule has 0 unspecified atom stereocenters. The molecule has 0 radical (unpaired) electrons. The summed E-state index contributed by atoms with van der Waals surface area (Å²) >= 11 is 5.72. The van der Waals surface area contributed by atoms with Crippen LogP contribution in [-0.2, 0) is 0 Å². The van der Waals surface area contributed by atoms with Crippen molar-refractivity contribution in [1.82, 2.24) is 4.98 Å². The molecule has 0 saturated carbocycles. The highest BCUT2D eigenvalue weighted by Crippen LogP contribution is 2.22. The van der Waals surface area contributed by atoms with Gasteiger partial charge in [0.2, 0.25) is 0 Å². The zero-order valence-corrected chi connectivity index (χ0v) is 9.37. The van der Waals surface area contributed by atoms with Gasteiger partial charge in [-0.2, -0.15) is 5.26 Å². The fourth-order valence-electron chi connectivity index (χ4n) is 1.36. The lowest BCUT2D eigenvalue weighted by Gasteiger charge is -2.07. The maximum absolute atomic E-state index is 13.1. The van der Waals surface area contributed by atoms with Crippen molar-refractivity contribution in [1.29, 1.82) is 5.26 Å². The second-order valence-corrected chi connectivity index (χ2v) is 3.73. The van der Waals surface area contributed by atoms with Crippen molar-refractivity contribution in [2.75, 3.05) is 5.32 Å². The summed E-state index contributed by atoms with van der Waals surface area (Å²) < 4.78 is 13.1. The smallest absolute Gasteiger partial charge is 0.148 e. The van der Waals surface area contributed by atoms with E-state index in [1.54, 1.807) is 24.4 Å². The lowest BCUT2D eigenvalue weighted by molar-refractivity contribution is 0.628. The molecule has 0 spiro atoms. The van der Waals surface area contributed by atoms with E-state index in [1.807, 2.05) is 6.07 Å². The van der Waals surface area contributed by atoms with Gasteiger partial charge in [0.25, 0.3) is 0 Å². The Hall–Kier alpha value is -2.12. The van der Waals surface area contributed by atoms with E-state index in [4.69, 9.17) is 16.9 Å². The molecule has 84 valence electrons. The number of nitrogens with zero attached hydrogens (tertiary/aromatic N) is 2. The standard InChI is InChI=1S/C12H7ClFN3/c13-9-4-10(14)6-11(5-9)17-12-8(7-15)2-1-3-16-12/h1-6H,(H,16,17). The molecule has 0 amide bonds. The summed E-state index contributed by atoms with van der Waals surface area (Å²) in [6.45, 7) is 0. The number of halogens is 2. The number of hydrogen-bond donors (Lipinski definition) is 1.